The van der Waals surface area contributed by atoms with Crippen LogP contribution in [0.25, 0.3) is 0 Å². The second kappa shape index (κ2) is 6.16. The van der Waals surface area contributed by atoms with Gasteiger partial charge in [-0.15, -0.1) is 0 Å². The fourth-order valence-corrected chi connectivity index (χ4v) is 2.09. The molecule has 1 heterocycles. The van der Waals surface area contributed by atoms with Crippen LogP contribution in [0.3, 0.4) is 0 Å². The lowest BCUT2D eigenvalue weighted by molar-refractivity contribution is 0.150. The maximum Gasteiger partial charge on any atom is 0.320 e. The quantitative estimate of drug-likeness (QED) is 0.777. The summed E-state index contributed by atoms with van der Waals surface area (Å²) in [5.41, 5.74) is 1.55. The average molecular weight is 276 g/mol. The number of hydrogen-bond donors (Lipinski definition) is 1. The first-order valence-corrected chi connectivity index (χ1v) is 7.29. The molecule has 0 aliphatic carbocycles. The van der Waals surface area contributed by atoms with E-state index < -0.39 is 0 Å². The zero-order valence-electron chi connectivity index (χ0n) is 12.6. The van der Waals surface area contributed by atoms with Crippen molar-refractivity contribution in [1.82, 2.24) is 10.2 Å². The number of carbonyl (C=O) groups excluding carboxylic acids is 1. The molecule has 1 aromatic rings. The summed E-state index contributed by atoms with van der Waals surface area (Å²) in [6, 6.07) is 8.37. The van der Waals surface area contributed by atoms with Crippen LogP contribution in [0, 0.1) is 0 Å². The third-order valence-corrected chi connectivity index (χ3v) is 4.07. The minimum atomic E-state index is 0.0242. The van der Waals surface area contributed by atoms with Crippen LogP contribution in [0.15, 0.2) is 24.3 Å². The maximum atomic E-state index is 11.0. The molecule has 1 saturated heterocycles. The molecule has 1 aromatic carbocycles. The Balaban J connectivity index is 1.75. The summed E-state index contributed by atoms with van der Waals surface area (Å²) in [6.07, 6.45) is 1.97. The van der Waals surface area contributed by atoms with Gasteiger partial charge in [0.05, 0.1) is 13.3 Å². The van der Waals surface area contributed by atoms with Gasteiger partial charge in [0.1, 0.15) is 5.75 Å². The predicted octanol–water partition coefficient (Wildman–Crippen LogP) is 3.13. The summed E-state index contributed by atoms with van der Waals surface area (Å²) in [7, 11) is 0. The molecule has 4 nitrogen and oxygen atoms in total. The van der Waals surface area contributed by atoms with Gasteiger partial charge < -0.3 is 15.0 Å². The second-order valence-electron chi connectivity index (χ2n) is 5.87. The molecular weight excluding hydrogens is 252 g/mol. The van der Waals surface area contributed by atoms with Crippen LogP contribution in [0.1, 0.15) is 39.2 Å². The highest BCUT2D eigenvalue weighted by atomic mass is 16.5. The summed E-state index contributed by atoms with van der Waals surface area (Å²) >= 11 is 0. The average Bonchev–Trinajstić information content (AvgIpc) is 2.46. The number of benzene rings is 1. The van der Waals surface area contributed by atoms with Crippen molar-refractivity contribution in [3.63, 3.8) is 0 Å². The maximum absolute atomic E-state index is 11.0. The van der Waals surface area contributed by atoms with Crippen LogP contribution in [-0.4, -0.2) is 30.8 Å². The van der Waals surface area contributed by atoms with Crippen LogP contribution in [0.4, 0.5) is 4.79 Å². The van der Waals surface area contributed by atoms with Crippen molar-refractivity contribution in [2.75, 3.05) is 19.8 Å². The molecule has 0 saturated carbocycles. The molecule has 1 aliphatic heterocycles. The Morgan fingerprint density at radius 1 is 1.30 bits per heavy atom. The minimum Gasteiger partial charge on any atom is -0.494 e. The number of urea groups is 1. The SMILES string of the molecule is CCC(C)(C)c1ccc(OCCCN2CNC2=O)cc1. The Hall–Kier alpha value is -1.71. The fraction of sp³-hybridized carbons (Fsp3) is 0.562. The lowest BCUT2D eigenvalue weighted by Gasteiger charge is -2.31. The third-order valence-electron chi connectivity index (χ3n) is 4.07. The predicted molar refractivity (Wildman–Crippen MR) is 80.0 cm³/mol. The molecule has 0 atom stereocenters. The molecule has 0 radical (unpaired) electrons. The zero-order valence-corrected chi connectivity index (χ0v) is 12.6. The van der Waals surface area contributed by atoms with Crippen molar-refractivity contribution in [3.8, 4) is 5.75 Å². The molecular formula is C16H24N2O2. The normalized spacial score (nSPS) is 14.8. The van der Waals surface area contributed by atoms with Crippen LogP contribution >= 0.6 is 0 Å². The Bertz CT molecular complexity index is 454. The topological polar surface area (TPSA) is 41.6 Å². The smallest absolute Gasteiger partial charge is 0.320 e. The van der Waals surface area contributed by atoms with Gasteiger partial charge in [-0.05, 0) is 36.0 Å². The molecule has 0 bridgehead atoms. The largest absolute Gasteiger partial charge is 0.494 e. The summed E-state index contributed by atoms with van der Waals surface area (Å²) in [5.74, 6) is 0.897. The lowest BCUT2D eigenvalue weighted by Crippen LogP contribution is -2.57. The molecule has 1 N–H and O–H groups in total. The Morgan fingerprint density at radius 2 is 2.00 bits per heavy atom. The highest BCUT2D eigenvalue weighted by molar-refractivity contribution is 5.78. The molecule has 110 valence electrons. The number of carbonyl (C=O) groups is 1. The van der Waals surface area contributed by atoms with Crippen LogP contribution in [0.5, 0.6) is 5.75 Å². The first-order chi connectivity index (χ1) is 9.53. The summed E-state index contributed by atoms with van der Waals surface area (Å²) in [4.78, 5) is 12.8. The van der Waals surface area contributed by atoms with E-state index in [1.165, 1.54) is 5.56 Å². The number of ether oxygens (including phenoxy) is 1. The van der Waals surface area contributed by atoms with Gasteiger partial charge in [-0.25, -0.2) is 4.79 Å². The van der Waals surface area contributed by atoms with Gasteiger partial charge in [-0.3, -0.25) is 0 Å². The highest BCUT2D eigenvalue weighted by Gasteiger charge is 2.21. The van der Waals surface area contributed by atoms with Gasteiger partial charge in [-0.2, -0.15) is 0 Å². The number of amides is 2. The van der Waals surface area contributed by atoms with E-state index in [0.717, 1.165) is 25.1 Å². The Kier molecular flexibility index (Phi) is 4.53. The van der Waals surface area contributed by atoms with Crippen LogP contribution in [0.2, 0.25) is 0 Å². The Labute approximate surface area is 121 Å². The van der Waals surface area contributed by atoms with Crippen molar-refractivity contribution in [1.29, 1.82) is 0 Å². The summed E-state index contributed by atoms with van der Waals surface area (Å²) in [5, 5.41) is 2.69. The minimum absolute atomic E-state index is 0.0242. The van der Waals surface area contributed by atoms with E-state index in [0.29, 0.717) is 13.3 Å². The first-order valence-electron chi connectivity index (χ1n) is 7.29. The van der Waals surface area contributed by atoms with Crippen molar-refractivity contribution in [3.05, 3.63) is 29.8 Å². The third kappa shape index (κ3) is 3.44. The van der Waals surface area contributed by atoms with Gasteiger partial charge in [0.15, 0.2) is 0 Å². The van der Waals surface area contributed by atoms with Gasteiger partial charge >= 0.3 is 6.03 Å². The second-order valence-corrected chi connectivity index (χ2v) is 5.87. The van der Waals surface area contributed by atoms with E-state index in [-0.39, 0.29) is 11.4 Å². The van der Waals surface area contributed by atoms with Crippen molar-refractivity contribution in [2.45, 2.75) is 39.0 Å². The van der Waals surface area contributed by atoms with E-state index >= 15 is 0 Å². The van der Waals surface area contributed by atoms with E-state index in [1.807, 2.05) is 12.1 Å². The Morgan fingerprint density at radius 3 is 2.50 bits per heavy atom. The number of hydrogen-bond acceptors (Lipinski definition) is 2. The van der Waals surface area contributed by atoms with Crippen LogP contribution < -0.4 is 10.1 Å². The number of nitrogens with zero attached hydrogens (tertiary/aromatic N) is 1. The van der Waals surface area contributed by atoms with E-state index in [4.69, 9.17) is 4.74 Å². The number of nitrogens with one attached hydrogen (secondary N) is 1. The summed E-state index contributed by atoms with van der Waals surface area (Å²) in [6.45, 7) is 8.77. The highest BCUT2D eigenvalue weighted by Crippen LogP contribution is 2.28. The van der Waals surface area contributed by atoms with Crippen molar-refractivity contribution >= 4 is 6.03 Å². The molecule has 4 heteroatoms. The monoisotopic (exact) mass is 276 g/mol. The molecule has 2 amide bonds. The van der Waals surface area contributed by atoms with E-state index in [1.54, 1.807) is 4.90 Å². The molecule has 20 heavy (non-hydrogen) atoms. The standard InChI is InChI=1S/C16H24N2O2/c1-4-16(2,3)13-6-8-14(9-7-13)20-11-5-10-18-12-17-15(18)19/h6-9H,4-5,10-12H2,1-3H3,(H,17,19). The zero-order chi connectivity index (χ0) is 14.6. The fourth-order valence-electron chi connectivity index (χ4n) is 2.09. The molecule has 0 unspecified atom stereocenters. The van der Waals surface area contributed by atoms with Gasteiger partial charge in [-0.1, -0.05) is 32.9 Å². The van der Waals surface area contributed by atoms with Crippen molar-refractivity contribution < 1.29 is 9.53 Å². The molecule has 1 aliphatic rings. The molecule has 0 aromatic heterocycles. The lowest BCUT2D eigenvalue weighted by atomic mass is 9.82. The first kappa shape index (κ1) is 14.7. The molecule has 0 spiro atoms. The van der Waals surface area contributed by atoms with Gasteiger partial charge in [0.2, 0.25) is 0 Å². The summed E-state index contributed by atoms with van der Waals surface area (Å²) < 4.78 is 5.70. The van der Waals surface area contributed by atoms with Crippen molar-refractivity contribution in [2.24, 2.45) is 0 Å². The molecule has 1 fully saturated rings. The van der Waals surface area contributed by atoms with E-state index in [2.05, 4.69) is 38.2 Å². The molecule has 2 rings (SSSR count). The van der Waals surface area contributed by atoms with E-state index in [9.17, 15) is 4.79 Å². The van der Waals surface area contributed by atoms with Gasteiger partial charge in [0.25, 0.3) is 0 Å². The number of rotatable bonds is 7. The van der Waals surface area contributed by atoms with Crippen LogP contribution in [-0.2, 0) is 5.41 Å². The van der Waals surface area contributed by atoms with Gasteiger partial charge in [0, 0.05) is 6.54 Å².